The summed E-state index contributed by atoms with van der Waals surface area (Å²) in [7, 11) is 0. The highest BCUT2D eigenvalue weighted by Gasteiger charge is 2.33. The zero-order valence-corrected chi connectivity index (χ0v) is 7.20. The highest BCUT2D eigenvalue weighted by Crippen LogP contribution is 2.30. The molecule has 1 saturated heterocycles. The second-order valence-corrected chi connectivity index (χ2v) is 3.88. The summed E-state index contributed by atoms with van der Waals surface area (Å²) >= 11 is 0. The minimum absolute atomic E-state index is 0.0694. The van der Waals surface area contributed by atoms with Crippen LogP contribution in [0, 0.1) is 5.92 Å². The number of likely N-dealkylation sites (tertiary alicyclic amines) is 1. The molecule has 1 heterocycles. The number of hydrogen-bond donors (Lipinski definition) is 1. The first-order valence-electron chi connectivity index (χ1n) is 4.74. The molecule has 0 amide bonds. The van der Waals surface area contributed by atoms with E-state index in [1.165, 1.54) is 12.8 Å². The van der Waals surface area contributed by atoms with Gasteiger partial charge in [0.25, 0.3) is 0 Å². The van der Waals surface area contributed by atoms with Crippen LogP contribution in [0.2, 0.25) is 0 Å². The average Bonchev–Trinajstić information content (AvgIpc) is 2.87. The number of nitrogens with zero attached hydrogens (tertiary/aromatic N) is 1. The van der Waals surface area contributed by atoms with Crippen molar-refractivity contribution in [1.29, 1.82) is 0 Å². The quantitative estimate of drug-likeness (QED) is 0.669. The number of piperidine rings is 1. The molecular weight excluding hydrogens is 154 g/mol. The lowest BCUT2D eigenvalue weighted by Crippen LogP contribution is -2.37. The maximum Gasteiger partial charge on any atom is 0.306 e. The van der Waals surface area contributed by atoms with E-state index in [2.05, 4.69) is 4.90 Å². The van der Waals surface area contributed by atoms with Gasteiger partial charge in [-0.2, -0.15) is 0 Å². The number of rotatable bonds is 2. The zero-order chi connectivity index (χ0) is 8.55. The molecule has 12 heavy (non-hydrogen) atoms. The molecule has 0 spiro atoms. The standard InChI is InChI=1S/C9H15NO2/c11-9(12)7-3-5-10(6-4-7)8-1-2-8/h7-8H,1-6H2,(H,11,12). The molecule has 0 unspecified atom stereocenters. The van der Waals surface area contributed by atoms with Gasteiger partial charge in [0.05, 0.1) is 5.92 Å². The molecule has 3 heteroatoms. The molecular formula is C9H15NO2. The molecule has 1 aliphatic carbocycles. The first kappa shape index (κ1) is 8.05. The van der Waals surface area contributed by atoms with Gasteiger partial charge in [-0.1, -0.05) is 0 Å². The normalized spacial score (nSPS) is 27.3. The molecule has 2 rings (SSSR count). The summed E-state index contributed by atoms with van der Waals surface area (Å²) < 4.78 is 0. The van der Waals surface area contributed by atoms with Crippen LogP contribution in [0.15, 0.2) is 0 Å². The van der Waals surface area contributed by atoms with E-state index in [-0.39, 0.29) is 5.92 Å². The number of hydrogen-bond acceptors (Lipinski definition) is 2. The molecule has 68 valence electrons. The fourth-order valence-corrected chi connectivity index (χ4v) is 1.95. The van der Waals surface area contributed by atoms with Gasteiger partial charge < -0.3 is 10.0 Å². The van der Waals surface area contributed by atoms with E-state index in [4.69, 9.17) is 5.11 Å². The van der Waals surface area contributed by atoms with Crippen LogP contribution in [0.3, 0.4) is 0 Å². The first-order valence-corrected chi connectivity index (χ1v) is 4.74. The monoisotopic (exact) mass is 169 g/mol. The van der Waals surface area contributed by atoms with Crippen molar-refractivity contribution in [1.82, 2.24) is 4.90 Å². The summed E-state index contributed by atoms with van der Waals surface area (Å²) in [5.74, 6) is -0.676. The Labute approximate surface area is 72.4 Å². The number of carboxylic acids is 1. The fourth-order valence-electron chi connectivity index (χ4n) is 1.95. The van der Waals surface area contributed by atoms with E-state index >= 15 is 0 Å². The molecule has 1 N–H and O–H groups in total. The van der Waals surface area contributed by atoms with Crippen molar-refractivity contribution in [2.75, 3.05) is 13.1 Å². The maximum absolute atomic E-state index is 10.6. The van der Waals surface area contributed by atoms with Crippen LogP contribution >= 0.6 is 0 Å². The van der Waals surface area contributed by atoms with Crippen molar-refractivity contribution in [3.8, 4) is 0 Å². The van der Waals surface area contributed by atoms with Gasteiger partial charge in [-0.05, 0) is 38.8 Å². The van der Waals surface area contributed by atoms with Gasteiger partial charge in [0.1, 0.15) is 0 Å². The lowest BCUT2D eigenvalue weighted by Gasteiger charge is -2.29. The predicted octanol–water partition coefficient (Wildman–Crippen LogP) is 0.945. The van der Waals surface area contributed by atoms with Gasteiger partial charge in [-0.3, -0.25) is 4.79 Å². The Morgan fingerprint density at radius 2 is 1.75 bits per heavy atom. The highest BCUT2D eigenvalue weighted by atomic mass is 16.4. The smallest absolute Gasteiger partial charge is 0.306 e. The second-order valence-electron chi connectivity index (χ2n) is 3.88. The summed E-state index contributed by atoms with van der Waals surface area (Å²) in [6.07, 6.45) is 4.37. The molecule has 0 aromatic carbocycles. The lowest BCUT2D eigenvalue weighted by atomic mass is 9.97. The highest BCUT2D eigenvalue weighted by molar-refractivity contribution is 5.70. The Balaban J connectivity index is 1.80. The van der Waals surface area contributed by atoms with E-state index in [1.807, 2.05) is 0 Å². The summed E-state index contributed by atoms with van der Waals surface area (Å²) in [6, 6.07) is 0.805. The SMILES string of the molecule is O=C(O)C1CCN(C2CC2)CC1. The molecule has 0 bridgehead atoms. The zero-order valence-electron chi connectivity index (χ0n) is 7.20. The predicted molar refractivity (Wildman–Crippen MR) is 45.0 cm³/mol. The Morgan fingerprint density at radius 3 is 2.17 bits per heavy atom. The van der Waals surface area contributed by atoms with Crippen LogP contribution in [-0.2, 0) is 4.79 Å². The molecule has 2 fully saturated rings. The Hall–Kier alpha value is -0.570. The summed E-state index contributed by atoms with van der Waals surface area (Å²) in [6.45, 7) is 2.00. The largest absolute Gasteiger partial charge is 0.481 e. The Kier molecular flexibility index (Phi) is 2.05. The van der Waals surface area contributed by atoms with E-state index in [0.717, 1.165) is 32.0 Å². The van der Waals surface area contributed by atoms with E-state index in [9.17, 15) is 4.79 Å². The minimum Gasteiger partial charge on any atom is -0.481 e. The third kappa shape index (κ3) is 1.61. The topological polar surface area (TPSA) is 40.5 Å². The first-order chi connectivity index (χ1) is 5.77. The molecule has 0 aromatic heterocycles. The van der Waals surface area contributed by atoms with Crippen molar-refractivity contribution < 1.29 is 9.90 Å². The van der Waals surface area contributed by atoms with Crippen LogP contribution in [0.4, 0.5) is 0 Å². The number of carbonyl (C=O) groups is 1. The molecule has 0 atom stereocenters. The van der Waals surface area contributed by atoms with Gasteiger partial charge in [-0.25, -0.2) is 0 Å². The van der Waals surface area contributed by atoms with Gasteiger partial charge in [0.15, 0.2) is 0 Å². The van der Waals surface area contributed by atoms with Crippen molar-refractivity contribution >= 4 is 5.97 Å². The summed E-state index contributed by atoms with van der Waals surface area (Å²) in [5, 5.41) is 8.76. The van der Waals surface area contributed by atoms with E-state index in [1.54, 1.807) is 0 Å². The van der Waals surface area contributed by atoms with Gasteiger partial charge in [0.2, 0.25) is 0 Å². The van der Waals surface area contributed by atoms with Gasteiger partial charge in [-0.15, -0.1) is 0 Å². The van der Waals surface area contributed by atoms with Crippen LogP contribution in [0.25, 0.3) is 0 Å². The average molecular weight is 169 g/mol. The van der Waals surface area contributed by atoms with Crippen molar-refractivity contribution in [2.45, 2.75) is 31.7 Å². The van der Waals surface area contributed by atoms with Crippen molar-refractivity contribution in [3.05, 3.63) is 0 Å². The third-order valence-electron chi connectivity index (χ3n) is 2.94. The second kappa shape index (κ2) is 3.05. The van der Waals surface area contributed by atoms with Crippen LogP contribution < -0.4 is 0 Å². The van der Waals surface area contributed by atoms with Crippen LogP contribution in [0.1, 0.15) is 25.7 Å². The number of aliphatic carboxylic acids is 1. The van der Waals surface area contributed by atoms with Crippen molar-refractivity contribution in [3.63, 3.8) is 0 Å². The lowest BCUT2D eigenvalue weighted by molar-refractivity contribution is -0.143. The van der Waals surface area contributed by atoms with Gasteiger partial charge >= 0.3 is 5.97 Å². The van der Waals surface area contributed by atoms with Crippen LogP contribution in [0.5, 0.6) is 0 Å². The molecule has 3 nitrogen and oxygen atoms in total. The molecule has 0 aromatic rings. The van der Waals surface area contributed by atoms with Crippen molar-refractivity contribution in [2.24, 2.45) is 5.92 Å². The molecule has 1 saturated carbocycles. The molecule has 1 aliphatic heterocycles. The van der Waals surface area contributed by atoms with Crippen LogP contribution in [-0.4, -0.2) is 35.1 Å². The van der Waals surface area contributed by atoms with E-state index in [0.29, 0.717) is 0 Å². The maximum atomic E-state index is 10.6. The van der Waals surface area contributed by atoms with Gasteiger partial charge in [0, 0.05) is 6.04 Å². The molecule has 2 aliphatic rings. The summed E-state index contributed by atoms with van der Waals surface area (Å²) in [4.78, 5) is 13.1. The Morgan fingerprint density at radius 1 is 1.17 bits per heavy atom. The fraction of sp³-hybridized carbons (Fsp3) is 0.889. The third-order valence-corrected chi connectivity index (χ3v) is 2.94. The molecule has 0 radical (unpaired) electrons. The Bertz CT molecular complexity index is 181. The minimum atomic E-state index is -0.606. The van der Waals surface area contributed by atoms with E-state index < -0.39 is 5.97 Å². The summed E-state index contributed by atoms with van der Waals surface area (Å²) in [5.41, 5.74) is 0. The number of carboxylic acid groups (broad SMARTS) is 1.